The van der Waals surface area contributed by atoms with Gasteiger partial charge in [-0.25, -0.2) is 0 Å². The van der Waals surface area contributed by atoms with Gasteiger partial charge in [-0.2, -0.15) is 0 Å². The summed E-state index contributed by atoms with van der Waals surface area (Å²) in [5.74, 6) is 0. The second-order valence-corrected chi connectivity index (χ2v) is 5.54. The summed E-state index contributed by atoms with van der Waals surface area (Å²) in [6, 6.07) is 20.8. The van der Waals surface area contributed by atoms with Crippen molar-refractivity contribution in [1.29, 1.82) is 0 Å². The van der Waals surface area contributed by atoms with Crippen LogP contribution in [0.4, 0.5) is 5.69 Å². The van der Waals surface area contributed by atoms with Crippen molar-refractivity contribution in [2.75, 3.05) is 5.32 Å². The summed E-state index contributed by atoms with van der Waals surface area (Å²) in [7, 11) is 0. The molecule has 20 heavy (non-hydrogen) atoms. The lowest BCUT2D eigenvalue weighted by atomic mass is 10.2. The molecule has 0 aliphatic rings. The average molecular weight is 327 g/mol. The number of hydrogen-bond donors (Lipinski definition) is 1. The highest BCUT2D eigenvalue weighted by molar-refractivity contribution is 9.10. The molecule has 1 aromatic heterocycles. The van der Waals surface area contributed by atoms with Gasteiger partial charge >= 0.3 is 0 Å². The van der Waals surface area contributed by atoms with Crippen molar-refractivity contribution in [2.45, 2.75) is 6.54 Å². The van der Waals surface area contributed by atoms with Crippen molar-refractivity contribution in [1.82, 2.24) is 4.57 Å². The number of rotatable bonds is 4. The Balaban J connectivity index is 1.72. The van der Waals surface area contributed by atoms with Gasteiger partial charge < -0.3 is 9.88 Å². The average Bonchev–Trinajstić information content (AvgIpc) is 3.01. The molecule has 3 aromatic rings. The largest absolute Gasteiger partial charge is 0.381 e. The highest BCUT2D eigenvalue weighted by atomic mass is 79.9. The van der Waals surface area contributed by atoms with Crippen LogP contribution in [0, 0.1) is 0 Å². The van der Waals surface area contributed by atoms with E-state index in [0.717, 1.165) is 22.4 Å². The van der Waals surface area contributed by atoms with Gasteiger partial charge in [0.2, 0.25) is 0 Å². The molecular formula is C17H15BrN2. The van der Waals surface area contributed by atoms with Crippen molar-refractivity contribution in [2.24, 2.45) is 0 Å². The quantitative estimate of drug-likeness (QED) is 0.725. The Morgan fingerprint density at radius 2 is 1.65 bits per heavy atom. The molecule has 1 heterocycles. The van der Waals surface area contributed by atoms with E-state index < -0.39 is 0 Å². The summed E-state index contributed by atoms with van der Waals surface area (Å²) >= 11 is 3.45. The molecule has 0 amide bonds. The minimum Gasteiger partial charge on any atom is -0.381 e. The third-order valence-corrected chi connectivity index (χ3v) is 3.69. The maximum absolute atomic E-state index is 3.45. The van der Waals surface area contributed by atoms with E-state index in [-0.39, 0.29) is 0 Å². The number of hydrogen-bond acceptors (Lipinski definition) is 1. The molecule has 2 aromatic carbocycles. The molecular weight excluding hydrogens is 312 g/mol. The maximum atomic E-state index is 3.45. The van der Waals surface area contributed by atoms with Crippen LogP contribution < -0.4 is 5.32 Å². The highest BCUT2D eigenvalue weighted by Crippen LogP contribution is 2.16. The first kappa shape index (κ1) is 13.0. The van der Waals surface area contributed by atoms with Crippen LogP contribution in [0.2, 0.25) is 0 Å². The molecule has 0 saturated heterocycles. The zero-order chi connectivity index (χ0) is 13.8. The van der Waals surface area contributed by atoms with Gasteiger partial charge in [0.05, 0.1) is 0 Å². The van der Waals surface area contributed by atoms with Crippen LogP contribution in [0.15, 0.2) is 77.5 Å². The molecule has 2 nitrogen and oxygen atoms in total. The Hall–Kier alpha value is -2.00. The van der Waals surface area contributed by atoms with E-state index in [1.807, 2.05) is 24.5 Å². The monoisotopic (exact) mass is 326 g/mol. The number of halogens is 1. The zero-order valence-electron chi connectivity index (χ0n) is 11.0. The van der Waals surface area contributed by atoms with E-state index >= 15 is 0 Å². The molecule has 0 aliphatic heterocycles. The van der Waals surface area contributed by atoms with E-state index in [4.69, 9.17) is 0 Å². The van der Waals surface area contributed by atoms with E-state index in [2.05, 4.69) is 74.3 Å². The Kier molecular flexibility index (Phi) is 3.88. The van der Waals surface area contributed by atoms with Gasteiger partial charge in [-0.1, -0.05) is 34.1 Å². The van der Waals surface area contributed by atoms with Gasteiger partial charge in [0.1, 0.15) is 0 Å². The first-order chi connectivity index (χ1) is 9.81. The molecule has 0 spiro atoms. The molecule has 0 saturated carbocycles. The normalized spacial score (nSPS) is 10.4. The van der Waals surface area contributed by atoms with Crippen LogP contribution in [-0.2, 0) is 6.54 Å². The van der Waals surface area contributed by atoms with Gasteiger partial charge in [0.25, 0.3) is 0 Å². The third kappa shape index (κ3) is 3.11. The predicted octanol–water partition coefficient (Wildman–Crippen LogP) is 4.85. The summed E-state index contributed by atoms with van der Waals surface area (Å²) in [6.45, 7) is 0.822. The minimum atomic E-state index is 0.822. The number of benzene rings is 2. The van der Waals surface area contributed by atoms with Crippen molar-refractivity contribution in [3.05, 3.63) is 83.1 Å². The molecule has 0 unspecified atom stereocenters. The summed E-state index contributed by atoms with van der Waals surface area (Å²) in [5, 5.41) is 3.45. The van der Waals surface area contributed by atoms with Crippen molar-refractivity contribution in [3.8, 4) is 5.69 Å². The van der Waals surface area contributed by atoms with Crippen LogP contribution in [0.3, 0.4) is 0 Å². The molecule has 100 valence electrons. The van der Waals surface area contributed by atoms with Crippen molar-refractivity contribution < 1.29 is 0 Å². The van der Waals surface area contributed by atoms with Gasteiger partial charge in [-0.15, -0.1) is 0 Å². The molecule has 1 N–H and O–H groups in total. The molecule has 0 aliphatic carbocycles. The minimum absolute atomic E-state index is 0.822. The van der Waals surface area contributed by atoms with Gasteiger partial charge in [-0.3, -0.25) is 0 Å². The fourth-order valence-electron chi connectivity index (χ4n) is 2.09. The third-order valence-electron chi connectivity index (χ3n) is 3.16. The Morgan fingerprint density at radius 1 is 0.900 bits per heavy atom. The fourth-order valence-corrected chi connectivity index (χ4v) is 2.35. The summed E-state index contributed by atoms with van der Waals surface area (Å²) < 4.78 is 3.21. The lowest BCUT2D eigenvalue weighted by Gasteiger charge is -2.09. The van der Waals surface area contributed by atoms with Crippen molar-refractivity contribution in [3.63, 3.8) is 0 Å². The summed E-state index contributed by atoms with van der Waals surface area (Å²) in [4.78, 5) is 0. The van der Waals surface area contributed by atoms with E-state index in [0.29, 0.717) is 0 Å². The Labute approximate surface area is 127 Å². The second kappa shape index (κ2) is 5.97. The van der Waals surface area contributed by atoms with E-state index in [1.54, 1.807) is 0 Å². The van der Waals surface area contributed by atoms with Gasteiger partial charge in [0, 0.05) is 34.8 Å². The molecule has 0 atom stereocenters. The lowest BCUT2D eigenvalue weighted by Crippen LogP contribution is -2.00. The van der Waals surface area contributed by atoms with E-state index in [9.17, 15) is 0 Å². The van der Waals surface area contributed by atoms with Crippen LogP contribution in [0.25, 0.3) is 5.69 Å². The maximum Gasteiger partial charge on any atom is 0.0469 e. The second-order valence-electron chi connectivity index (χ2n) is 4.62. The van der Waals surface area contributed by atoms with Crippen LogP contribution >= 0.6 is 15.9 Å². The molecule has 0 radical (unpaired) electrons. The topological polar surface area (TPSA) is 17.0 Å². The first-order valence-electron chi connectivity index (χ1n) is 6.53. The Bertz CT molecular complexity index is 672. The number of nitrogens with zero attached hydrogens (tertiary/aromatic N) is 1. The van der Waals surface area contributed by atoms with Gasteiger partial charge in [0.15, 0.2) is 0 Å². The molecule has 0 bridgehead atoms. The molecule has 0 fully saturated rings. The fraction of sp³-hybridized carbons (Fsp3) is 0.0588. The first-order valence-corrected chi connectivity index (χ1v) is 7.32. The predicted molar refractivity (Wildman–Crippen MR) is 87.2 cm³/mol. The van der Waals surface area contributed by atoms with Crippen molar-refractivity contribution >= 4 is 21.6 Å². The number of anilines is 1. The number of aromatic nitrogens is 1. The highest BCUT2D eigenvalue weighted by Gasteiger charge is 1.98. The van der Waals surface area contributed by atoms with Crippen LogP contribution in [-0.4, -0.2) is 4.57 Å². The van der Waals surface area contributed by atoms with Gasteiger partial charge in [-0.05, 0) is 48.0 Å². The van der Waals surface area contributed by atoms with Crippen LogP contribution in [0.1, 0.15) is 5.56 Å². The summed E-state index contributed by atoms with van der Waals surface area (Å²) in [6.07, 6.45) is 4.10. The molecule has 3 rings (SSSR count). The zero-order valence-corrected chi connectivity index (χ0v) is 12.5. The SMILES string of the molecule is Brc1ccc(CNc2cccc(-n3cccc3)c2)cc1. The standard InChI is InChI=1S/C17H15BrN2/c18-15-8-6-14(7-9-15)13-19-16-4-3-5-17(12-16)20-10-1-2-11-20/h1-12,19H,13H2. The smallest absolute Gasteiger partial charge is 0.0469 e. The Morgan fingerprint density at radius 3 is 2.40 bits per heavy atom. The van der Waals surface area contributed by atoms with Crippen LogP contribution in [0.5, 0.6) is 0 Å². The number of nitrogens with one attached hydrogen (secondary N) is 1. The van der Waals surface area contributed by atoms with E-state index in [1.165, 1.54) is 5.56 Å². The lowest BCUT2D eigenvalue weighted by molar-refractivity contribution is 1.07. The summed E-state index contributed by atoms with van der Waals surface area (Å²) in [5.41, 5.74) is 3.55. The molecule has 3 heteroatoms.